The fraction of sp³-hybridized carbons (Fsp3) is 0.562. The molecule has 0 aliphatic carbocycles. The number of hydrogen-bond donors (Lipinski definition) is 2. The zero-order valence-corrected chi connectivity index (χ0v) is 15.3. The predicted octanol–water partition coefficient (Wildman–Crippen LogP) is 2.44. The van der Waals surface area contributed by atoms with Crippen molar-refractivity contribution >= 4 is 35.8 Å². The molecule has 1 aromatic carbocycles. The molecule has 0 radical (unpaired) electrons. The van der Waals surface area contributed by atoms with Crippen LogP contribution < -0.4 is 16.0 Å². The van der Waals surface area contributed by atoms with Crippen molar-refractivity contribution in [2.24, 2.45) is 5.73 Å². The van der Waals surface area contributed by atoms with Crippen molar-refractivity contribution in [3.05, 3.63) is 29.8 Å². The highest BCUT2D eigenvalue weighted by Crippen LogP contribution is 2.14. The Morgan fingerprint density at radius 3 is 2.77 bits per heavy atom. The number of hydrogen-bond acceptors (Lipinski definition) is 4. The van der Waals surface area contributed by atoms with Gasteiger partial charge >= 0.3 is 0 Å². The molecule has 0 bridgehead atoms. The lowest BCUT2D eigenvalue weighted by Crippen LogP contribution is -2.44. The van der Waals surface area contributed by atoms with Gasteiger partial charge in [-0.3, -0.25) is 4.79 Å². The second-order valence-corrected chi connectivity index (χ2v) is 6.08. The van der Waals surface area contributed by atoms with E-state index in [1.807, 2.05) is 6.26 Å². The number of thioether (sulfide) groups is 1. The van der Waals surface area contributed by atoms with Gasteiger partial charge in [0.05, 0.1) is 6.04 Å². The van der Waals surface area contributed by atoms with Gasteiger partial charge in [0.15, 0.2) is 0 Å². The molecule has 3 N–H and O–H groups in total. The van der Waals surface area contributed by atoms with Crippen LogP contribution >= 0.6 is 24.2 Å². The third-order valence-electron chi connectivity index (χ3n) is 3.40. The van der Waals surface area contributed by atoms with Gasteiger partial charge in [0, 0.05) is 25.3 Å². The molecule has 0 aliphatic heterocycles. The van der Waals surface area contributed by atoms with Gasteiger partial charge in [-0.25, -0.2) is 0 Å². The molecule has 4 nitrogen and oxygen atoms in total. The molecule has 0 fully saturated rings. The Bertz CT molecular complexity index is 445. The lowest BCUT2D eigenvalue weighted by molar-refractivity contribution is -0.122. The van der Waals surface area contributed by atoms with E-state index in [0.717, 1.165) is 25.3 Å². The highest BCUT2D eigenvalue weighted by atomic mass is 35.5. The van der Waals surface area contributed by atoms with Crippen LogP contribution in [0.4, 0.5) is 5.69 Å². The van der Waals surface area contributed by atoms with Gasteiger partial charge in [0.1, 0.15) is 0 Å². The molecule has 0 saturated heterocycles. The molecule has 1 amide bonds. The number of aryl methyl sites for hydroxylation is 1. The van der Waals surface area contributed by atoms with E-state index in [1.54, 1.807) is 11.8 Å². The summed E-state index contributed by atoms with van der Waals surface area (Å²) in [6.45, 7) is 6.53. The molecule has 126 valence electrons. The molecule has 0 unspecified atom stereocenters. The Kier molecular flexibility index (Phi) is 11.1. The lowest BCUT2D eigenvalue weighted by atomic mass is 10.2. The van der Waals surface area contributed by atoms with Crippen molar-refractivity contribution in [3.63, 3.8) is 0 Å². The van der Waals surface area contributed by atoms with Crippen LogP contribution in [0.2, 0.25) is 0 Å². The molecule has 1 rings (SSSR count). The van der Waals surface area contributed by atoms with Crippen LogP contribution in [0, 0.1) is 6.92 Å². The first kappa shape index (κ1) is 21.1. The number of anilines is 1. The summed E-state index contributed by atoms with van der Waals surface area (Å²) in [4.78, 5) is 14.1. The van der Waals surface area contributed by atoms with Crippen LogP contribution in [0.25, 0.3) is 0 Å². The van der Waals surface area contributed by atoms with Gasteiger partial charge in [-0.05, 0) is 50.0 Å². The van der Waals surface area contributed by atoms with Crippen LogP contribution in [-0.2, 0) is 4.79 Å². The number of benzene rings is 1. The maximum absolute atomic E-state index is 11.8. The van der Waals surface area contributed by atoms with Crippen LogP contribution in [0.5, 0.6) is 0 Å². The first-order chi connectivity index (χ1) is 10.1. The van der Waals surface area contributed by atoms with Crippen LogP contribution in [0.1, 0.15) is 18.9 Å². The minimum Gasteiger partial charge on any atom is -0.370 e. The topological polar surface area (TPSA) is 58.4 Å². The second-order valence-electron chi connectivity index (χ2n) is 5.10. The van der Waals surface area contributed by atoms with Crippen LogP contribution in [0.3, 0.4) is 0 Å². The largest absolute Gasteiger partial charge is 0.370 e. The number of rotatable bonds is 9. The fourth-order valence-corrected chi connectivity index (χ4v) is 2.61. The zero-order valence-electron chi connectivity index (χ0n) is 13.7. The average Bonchev–Trinajstić information content (AvgIpc) is 2.48. The van der Waals surface area contributed by atoms with E-state index in [2.05, 4.69) is 48.3 Å². The number of carbonyl (C=O) groups excluding carboxylic acids is 1. The number of likely N-dealkylation sites (N-methyl/N-ethyl adjacent to an activating group) is 1. The SMILES string of the molecule is CCN(CCNC(=O)[C@@H](N)CCSC)c1cccc(C)c1.Cl. The number of carbonyl (C=O) groups is 1. The second kappa shape index (κ2) is 11.6. The minimum absolute atomic E-state index is 0. The van der Waals surface area contributed by atoms with Gasteiger partial charge in [-0.2, -0.15) is 11.8 Å². The molecular formula is C16H28ClN3OS. The van der Waals surface area contributed by atoms with Crippen LogP contribution in [0.15, 0.2) is 24.3 Å². The van der Waals surface area contributed by atoms with Gasteiger partial charge < -0.3 is 16.0 Å². The highest BCUT2D eigenvalue weighted by molar-refractivity contribution is 7.98. The van der Waals surface area contributed by atoms with E-state index in [0.29, 0.717) is 6.54 Å². The summed E-state index contributed by atoms with van der Waals surface area (Å²) in [5, 5.41) is 2.93. The van der Waals surface area contributed by atoms with E-state index in [9.17, 15) is 4.79 Å². The predicted molar refractivity (Wildman–Crippen MR) is 100 cm³/mol. The van der Waals surface area contributed by atoms with Gasteiger partial charge in [-0.15, -0.1) is 12.4 Å². The van der Waals surface area contributed by atoms with Gasteiger partial charge in [-0.1, -0.05) is 12.1 Å². The first-order valence-corrected chi connectivity index (χ1v) is 8.81. The number of halogens is 1. The quantitative estimate of drug-likeness (QED) is 0.721. The molecule has 0 saturated carbocycles. The van der Waals surface area contributed by atoms with Gasteiger partial charge in [0.2, 0.25) is 5.91 Å². The number of nitrogens with zero attached hydrogens (tertiary/aromatic N) is 1. The summed E-state index contributed by atoms with van der Waals surface area (Å²) >= 11 is 1.71. The van der Waals surface area contributed by atoms with Crippen molar-refractivity contribution < 1.29 is 4.79 Å². The third-order valence-corrected chi connectivity index (χ3v) is 4.04. The smallest absolute Gasteiger partial charge is 0.237 e. The molecule has 1 atom stereocenters. The van der Waals surface area contributed by atoms with E-state index in [1.165, 1.54) is 11.3 Å². The van der Waals surface area contributed by atoms with Crippen molar-refractivity contribution in [2.45, 2.75) is 26.3 Å². The van der Waals surface area contributed by atoms with Gasteiger partial charge in [0.25, 0.3) is 0 Å². The van der Waals surface area contributed by atoms with Crippen LogP contribution in [-0.4, -0.2) is 43.6 Å². The highest BCUT2D eigenvalue weighted by Gasteiger charge is 2.12. The number of nitrogens with two attached hydrogens (primary N) is 1. The maximum atomic E-state index is 11.8. The maximum Gasteiger partial charge on any atom is 0.237 e. The summed E-state index contributed by atoms with van der Waals surface area (Å²) < 4.78 is 0. The Hall–Kier alpha value is -0.910. The Labute approximate surface area is 144 Å². The molecule has 1 aromatic rings. The first-order valence-electron chi connectivity index (χ1n) is 7.42. The monoisotopic (exact) mass is 345 g/mol. The Morgan fingerprint density at radius 2 is 2.18 bits per heavy atom. The summed E-state index contributed by atoms with van der Waals surface area (Å²) in [5.41, 5.74) is 8.28. The van der Waals surface area contributed by atoms with Crippen molar-refractivity contribution in [1.29, 1.82) is 0 Å². The normalized spacial score (nSPS) is 11.5. The summed E-state index contributed by atoms with van der Waals surface area (Å²) in [7, 11) is 0. The Balaban J connectivity index is 0.00000441. The molecule has 0 aliphatic rings. The zero-order chi connectivity index (χ0) is 15.7. The standard InChI is InChI=1S/C16H27N3OS.ClH/c1-4-19(14-7-5-6-13(2)12-14)10-9-18-16(20)15(17)8-11-21-3;/h5-7,12,15H,4,8-11,17H2,1-3H3,(H,18,20);1H/t15-;/m0./s1. The van der Waals surface area contributed by atoms with E-state index in [4.69, 9.17) is 5.73 Å². The van der Waals surface area contributed by atoms with E-state index < -0.39 is 6.04 Å². The molecule has 0 heterocycles. The molecule has 0 spiro atoms. The number of nitrogens with one attached hydrogen (secondary N) is 1. The lowest BCUT2D eigenvalue weighted by Gasteiger charge is -2.24. The number of amides is 1. The Morgan fingerprint density at radius 1 is 1.45 bits per heavy atom. The van der Waals surface area contributed by atoms with Crippen molar-refractivity contribution in [3.8, 4) is 0 Å². The summed E-state index contributed by atoms with van der Waals surface area (Å²) in [5.74, 6) is 0.864. The summed E-state index contributed by atoms with van der Waals surface area (Å²) in [6.07, 6.45) is 2.74. The van der Waals surface area contributed by atoms with Crippen molar-refractivity contribution in [2.75, 3.05) is 36.5 Å². The molecular weight excluding hydrogens is 318 g/mol. The van der Waals surface area contributed by atoms with Crippen molar-refractivity contribution in [1.82, 2.24) is 5.32 Å². The summed E-state index contributed by atoms with van der Waals surface area (Å²) in [6, 6.07) is 8.01. The minimum atomic E-state index is -0.397. The average molecular weight is 346 g/mol. The van der Waals surface area contributed by atoms with E-state index in [-0.39, 0.29) is 18.3 Å². The van der Waals surface area contributed by atoms with E-state index >= 15 is 0 Å². The molecule has 22 heavy (non-hydrogen) atoms. The third kappa shape index (κ3) is 7.38. The molecule has 6 heteroatoms. The molecule has 0 aromatic heterocycles. The fourth-order valence-electron chi connectivity index (χ4n) is 2.12.